The summed E-state index contributed by atoms with van der Waals surface area (Å²) in [6.45, 7) is 1.35. The first-order valence-electron chi connectivity index (χ1n) is 10.7. The summed E-state index contributed by atoms with van der Waals surface area (Å²) in [5.41, 5.74) is 5.94. The molecule has 0 radical (unpaired) electrons. The SMILES string of the molecule is COCCN(C)c1cc(C(=O)NC2C3CC4CC2CC(C3)C4CC(N)=O)nn1C. The molecule has 0 atom stereocenters. The molecule has 4 aliphatic carbocycles. The molecule has 2 amide bonds. The third-order valence-corrected chi connectivity index (χ3v) is 7.49. The zero-order valence-electron chi connectivity index (χ0n) is 17.6. The summed E-state index contributed by atoms with van der Waals surface area (Å²) in [6.07, 6.45) is 4.93. The molecular formula is C21H33N5O3. The molecule has 0 saturated heterocycles. The smallest absolute Gasteiger partial charge is 0.272 e. The molecule has 4 fully saturated rings. The number of likely N-dealkylation sites (N-methyl/N-ethyl adjacent to an activating group) is 1. The number of methoxy groups -OCH3 is 1. The van der Waals surface area contributed by atoms with Gasteiger partial charge in [0.1, 0.15) is 5.82 Å². The van der Waals surface area contributed by atoms with Crippen LogP contribution in [-0.4, -0.2) is 54.9 Å². The van der Waals surface area contributed by atoms with Gasteiger partial charge in [0.25, 0.3) is 5.91 Å². The maximum atomic E-state index is 13.0. The van der Waals surface area contributed by atoms with Crippen molar-refractivity contribution in [2.45, 2.75) is 38.1 Å². The van der Waals surface area contributed by atoms with E-state index >= 15 is 0 Å². The third-order valence-electron chi connectivity index (χ3n) is 7.49. The molecule has 160 valence electrons. The zero-order valence-corrected chi connectivity index (χ0v) is 17.6. The monoisotopic (exact) mass is 403 g/mol. The van der Waals surface area contributed by atoms with Crippen LogP contribution in [0.25, 0.3) is 0 Å². The summed E-state index contributed by atoms with van der Waals surface area (Å²) in [4.78, 5) is 26.4. The Morgan fingerprint density at radius 2 is 1.86 bits per heavy atom. The third kappa shape index (κ3) is 3.86. The summed E-state index contributed by atoms with van der Waals surface area (Å²) in [5, 5.41) is 7.75. The van der Waals surface area contributed by atoms with E-state index in [9.17, 15) is 9.59 Å². The Bertz CT molecular complexity index is 746. The highest BCUT2D eigenvalue weighted by Gasteiger charge is 2.53. The van der Waals surface area contributed by atoms with Crippen molar-refractivity contribution in [2.24, 2.45) is 42.4 Å². The van der Waals surface area contributed by atoms with Gasteiger partial charge in [0.2, 0.25) is 5.91 Å². The van der Waals surface area contributed by atoms with Crippen molar-refractivity contribution in [1.82, 2.24) is 15.1 Å². The van der Waals surface area contributed by atoms with Gasteiger partial charge in [-0.25, -0.2) is 0 Å². The number of hydrogen-bond donors (Lipinski definition) is 2. The fraction of sp³-hybridized carbons (Fsp3) is 0.762. The van der Waals surface area contributed by atoms with E-state index in [0.717, 1.165) is 38.0 Å². The van der Waals surface area contributed by atoms with Gasteiger partial charge in [0, 0.05) is 46.3 Å². The van der Waals surface area contributed by atoms with Gasteiger partial charge in [-0.05, 0) is 55.3 Å². The molecule has 4 saturated carbocycles. The van der Waals surface area contributed by atoms with E-state index in [1.165, 1.54) is 0 Å². The average molecular weight is 404 g/mol. The predicted molar refractivity (Wildman–Crippen MR) is 109 cm³/mol. The van der Waals surface area contributed by atoms with E-state index in [1.54, 1.807) is 11.8 Å². The lowest BCUT2D eigenvalue weighted by molar-refractivity contribution is -0.124. The molecule has 0 spiro atoms. The van der Waals surface area contributed by atoms with E-state index in [4.69, 9.17) is 10.5 Å². The molecule has 8 heteroatoms. The number of nitrogens with zero attached hydrogens (tertiary/aromatic N) is 3. The molecule has 0 aromatic carbocycles. The van der Waals surface area contributed by atoms with Crippen LogP contribution in [0, 0.1) is 29.6 Å². The number of rotatable bonds is 8. The number of carbonyl (C=O) groups is 2. The normalized spacial score (nSPS) is 32.4. The molecule has 0 aliphatic heterocycles. The van der Waals surface area contributed by atoms with Crippen LogP contribution in [-0.2, 0) is 16.6 Å². The number of nitrogens with one attached hydrogen (secondary N) is 1. The molecule has 5 rings (SSSR count). The lowest BCUT2D eigenvalue weighted by Crippen LogP contribution is -2.58. The Hall–Kier alpha value is -2.09. The Balaban J connectivity index is 1.40. The van der Waals surface area contributed by atoms with Gasteiger partial charge >= 0.3 is 0 Å². The first-order chi connectivity index (χ1) is 13.9. The number of anilines is 1. The molecule has 4 bridgehead atoms. The largest absolute Gasteiger partial charge is 0.383 e. The number of aromatic nitrogens is 2. The number of ether oxygens (including phenoxy) is 1. The van der Waals surface area contributed by atoms with Crippen LogP contribution in [0.3, 0.4) is 0 Å². The Kier molecular flexibility index (Phi) is 5.55. The Labute approximate surface area is 172 Å². The van der Waals surface area contributed by atoms with Gasteiger partial charge in [-0.3, -0.25) is 14.3 Å². The first-order valence-corrected chi connectivity index (χ1v) is 10.7. The van der Waals surface area contributed by atoms with Crippen LogP contribution in [0.1, 0.15) is 42.6 Å². The topological polar surface area (TPSA) is 102 Å². The first kappa shape index (κ1) is 20.2. The van der Waals surface area contributed by atoms with Gasteiger partial charge in [-0.2, -0.15) is 5.10 Å². The minimum absolute atomic E-state index is 0.0850. The van der Waals surface area contributed by atoms with Gasteiger partial charge in [-0.15, -0.1) is 0 Å². The minimum atomic E-state index is -0.172. The second-order valence-electron chi connectivity index (χ2n) is 9.24. The van der Waals surface area contributed by atoms with Crippen LogP contribution in [0.2, 0.25) is 0 Å². The summed E-state index contributed by atoms with van der Waals surface area (Å²) in [5.74, 6) is 3.30. The van der Waals surface area contributed by atoms with Crippen LogP contribution < -0.4 is 16.0 Å². The van der Waals surface area contributed by atoms with Crippen molar-refractivity contribution in [1.29, 1.82) is 0 Å². The lowest BCUT2D eigenvalue weighted by Gasteiger charge is -2.58. The number of primary amides is 1. The molecule has 29 heavy (non-hydrogen) atoms. The number of hydrogen-bond acceptors (Lipinski definition) is 5. The Morgan fingerprint density at radius 3 is 2.41 bits per heavy atom. The molecule has 1 heterocycles. The number of aryl methyl sites for hydroxylation is 1. The Morgan fingerprint density at radius 1 is 1.24 bits per heavy atom. The second kappa shape index (κ2) is 7.97. The number of amides is 2. The summed E-state index contributed by atoms with van der Waals surface area (Å²) in [7, 11) is 5.51. The quantitative estimate of drug-likeness (QED) is 0.678. The predicted octanol–water partition coefficient (Wildman–Crippen LogP) is 1.16. The molecule has 1 aromatic rings. The van der Waals surface area contributed by atoms with Crippen molar-refractivity contribution in [2.75, 3.05) is 32.2 Å². The maximum absolute atomic E-state index is 13.0. The summed E-state index contributed by atoms with van der Waals surface area (Å²) >= 11 is 0. The van der Waals surface area contributed by atoms with Crippen molar-refractivity contribution in [3.8, 4) is 0 Å². The fourth-order valence-electron chi connectivity index (χ4n) is 6.29. The molecule has 1 aromatic heterocycles. The minimum Gasteiger partial charge on any atom is -0.383 e. The van der Waals surface area contributed by atoms with Crippen molar-refractivity contribution < 1.29 is 14.3 Å². The highest BCUT2D eigenvalue weighted by Crippen LogP contribution is 2.57. The van der Waals surface area contributed by atoms with E-state index in [-0.39, 0.29) is 17.9 Å². The molecular weight excluding hydrogens is 370 g/mol. The van der Waals surface area contributed by atoms with Crippen molar-refractivity contribution in [3.63, 3.8) is 0 Å². The van der Waals surface area contributed by atoms with Crippen LogP contribution in [0.4, 0.5) is 5.82 Å². The standard InChI is InChI=1S/C21H33N5O3/c1-25(4-5-29-3)19-11-17(24-26(19)2)21(28)23-20-14-6-12-7-15(20)9-13(8-14)16(12)10-18(22)27/h11-16,20H,4-10H2,1-3H3,(H2,22,27)(H,23,28). The van der Waals surface area contributed by atoms with E-state index in [2.05, 4.69) is 10.4 Å². The molecule has 4 aliphatic rings. The lowest BCUT2D eigenvalue weighted by atomic mass is 9.49. The number of nitrogens with two attached hydrogens (primary N) is 1. The maximum Gasteiger partial charge on any atom is 0.272 e. The van der Waals surface area contributed by atoms with Crippen LogP contribution in [0.15, 0.2) is 6.07 Å². The summed E-state index contributed by atoms with van der Waals surface area (Å²) in [6, 6.07) is 2.07. The molecule has 3 N–H and O–H groups in total. The van der Waals surface area contributed by atoms with Gasteiger partial charge in [-0.1, -0.05) is 0 Å². The average Bonchev–Trinajstić information content (AvgIpc) is 3.05. The highest BCUT2D eigenvalue weighted by atomic mass is 16.5. The van der Waals surface area contributed by atoms with Gasteiger partial charge in [0.15, 0.2) is 5.69 Å². The fourth-order valence-corrected chi connectivity index (χ4v) is 6.29. The van der Waals surface area contributed by atoms with E-state index in [1.807, 2.05) is 25.1 Å². The number of carbonyl (C=O) groups excluding carboxylic acids is 2. The van der Waals surface area contributed by atoms with E-state index < -0.39 is 0 Å². The molecule has 0 unspecified atom stereocenters. The summed E-state index contributed by atoms with van der Waals surface area (Å²) < 4.78 is 6.88. The van der Waals surface area contributed by atoms with Crippen molar-refractivity contribution in [3.05, 3.63) is 11.8 Å². The highest BCUT2D eigenvalue weighted by molar-refractivity contribution is 5.93. The second-order valence-corrected chi connectivity index (χ2v) is 9.24. The van der Waals surface area contributed by atoms with Gasteiger partial charge < -0.3 is 20.7 Å². The van der Waals surface area contributed by atoms with Crippen LogP contribution in [0.5, 0.6) is 0 Å². The van der Waals surface area contributed by atoms with Crippen LogP contribution >= 0.6 is 0 Å². The zero-order chi connectivity index (χ0) is 20.7. The van der Waals surface area contributed by atoms with Gasteiger partial charge in [0.05, 0.1) is 6.61 Å². The molecule has 8 nitrogen and oxygen atoms in total. The van der Waals surface area contributed by atoms with Crippen molar-refractivity contribution >= 4 is 17.6 Å². The van der Waals surface area contributed by atoms with E-state index in [0.29, 0.717) is 48.3 Å².